The van der Waals surface area contributed by atoms with Crippen molar-refractivity contribution in [1.29, 1.82) is 0 Å². The number of aromatic carboxylic acids is 1. The number of carboxylic acids is 1. The first-order valence-electron chi connectivity index (χ1n) is 5.82. The third-order valence-corrected chi connectivity index (χ3v) is 2.81. The first-order chi connectivity index (χ1) is 9.50. The molecule has 6 nitrogen and oxygen atoms in total. The van der Waals surface area contributed by atoms with E-state index in [9.17, 15) is 14.4 Å². The second-order valence-corrected chi connectivity index (χ2v) is 4.18. The van der Waals surface area contributed by atoms with Gasteiger partial charge in [0.2, 0.25) is 0 Å². The van der Waals surface area contributed by atoms with Gasteiger partial charge in [-0.15, -0.1) is 0 Å². The summed E-state index contributed by atoms with van der Waals surface area (Å²) in [5.41, 5.74) is 0.253. The first-order valence-corrected chi connectivity index (χ1v) is 5.82. The average molecular weight is 272 g/mol. The fourth-order valence-corrected chi connectivity index (χ4v) is 1.79. The maximum absolute atomic E-state index is 12.0. The molecular formula is C14H12N2O4. The molecule has 2 aromatic rings. The highest BCUT2D eigenvalue weighted by Gasteiger charge is 2.16. The quantitative estimate of drug-likeness (QED) is 0.790. The van der Waals surface area contributed by atoms with Crippen molar-refractivity contribution in [3.63, 3.8) is 0 Å². The van der Waals surface area contributed by atoms with Crippen molar-refractivity contribution >= 4 is 17.6 Å². The number of carbonyl (C=O) groups is 2. The van der Waals surface area contributed by atoms with Gasteiger partial charge in [0.05, 0.1) is 11.3 Å². The highest BCUT2D eigenvalue weighted by Crippen LogP contribution is 2.21. The Morgan fingerprint density at radius 1 is 1.20 bits per heavy atom. The van der Waals surface area contributed by atoms with Gasteiger partial charge in [-0.1, -0.05) is 12.1 Å². The van der Waals surface area contributed by atoms with Crippen LogP contribution in [0.5, 0.6) is 0 Å². The summed E-state index contributed by atoms with van der Waals surface area (Å²) in [6.45, 7) is 1.68. The van der Waals surface area contributed by atoms with Gasteiger partial charge in [0, 0.05) is 18.5 Å². The van der Waals surface area contributed by atoms with Crippen LogP contribution in [-0.2, 0) is 0 Å². The number of aromatic amines is 1. The van der Waals surface area contributed by atoms with Crippen molar-refractivity contribution in [2.75, 3.05) is 5.32 Å². The number of nitrogens with one attached hydrogen (secondary N) is 2. The highest BCUT2D eigenvalue weighted by atomic mass is 16.4. The van der Waals surface area contributed by atoms with Crippen LogP contribution in [0.3, 0.4) is 0 Å². The Balaban J connectivity index is 2.41. The minimum atomic E-state index is -1.15. The van der Waals surface area contributed by atoms with Crippen LogP contribution in [0.4, 0.5) is 5.69 Å². The summed E-state index contributed by atoms with van der Waals surface area (Å²) in [6, 6.07) is 5.88. The van der Waals surface area contributed by atoms with Gasteiger partial charge >= 0.3 is 5.97 Å². The van der Waals surface area contributed by atoms with Gasteiger partial charge in [0.1, 0.15) is 5.56 Å². The molecule has 102 valence electrons. The molecule has 1 aromatic carbocycles. The normalized spacial score (nSPS) is 10.1. The number of H-pyrrole nitrogens is 1. The molecule has 0 fully saturated rings. The van der Waals surface area contributed by atoms with Crippen molar-refractivity contribution < 1.29 is 14.7 Å². The first kappa shape index (κ1) is 13.5. The lowest BCUT2D eigenvalue weighted by Crippen LogP contribution is -2.22. The number of pyridine rings is 1. The molecule has 1 aromatic heterocycles. The van der Waals surface area contributed by atoms with Gasteiger partial charge in [-0.2, -0.15) is 0 Å². The van der Waals surface area contributed by atoms with Crippen molar-refractivity contribution in [2.45, 2.75) is 6.92 Å². The fraction of sp³-hybridized carbons (Fsp3) is 0.0714. The Morgan fingerprint density at radius 3 is 2.60 bits per heavy atom. The lowest BCUT2D eigenvalue weighted by atomic mass is 10.1. The molecule has 0 radical (unpaired) electrons. The molecule has 0 spiro atoms. The van der Waals surface area contributed by atoms with E-state index in [4.69, 9.17) is 5.11 Å². The molecule has 2 rings (SSSR count). The molecule has 20 heavy (non-hydrogen) atoms. The Hall–Kier alpha value is -2.89. The van der Waals surface area contributed by atoms with E-state index in [1.807, 2.05) is 0 Å². The standard InChI is InChI=1S/C14H12N2O4/c1-8-3-2-4-9(14(19)20)12(8)16-13(18)10-7-15-6-5-11(10)17/h2-7H,1H3,(H,15,17)(H,16,18)(H,19,20). The SMILES string of the molecule is Cc1cccc(C(=O)O)c1NC(=O)c1c[nH]ccc1=O. The number of rotatable bonds is 3. The topological polar surface area (TPSA) is 99.3 Å². The van der Waals surface area contributed by atoms with Crippen LogP contribution in [0.1, 0.15) is 26.3 Å². The predicted octanol–water partition coefficient (Wildman–Crippen LogP) is 1.63. The zero-order valence-electron chi connectivity index (χ0n) is 10.6. The fourth-order valence-electron chi connectivity index (χ4n) is 1.79. The van der Waals surface area contributed by atoms with Crippen LogP contribution in [-0.4, -0.2) is 22.0 Å². The molecule has 0 bridgehead atoms. The number of carbonyl (C=O) groups excluding carboxylic acids is 1. The number of anilines is 1. The number of aryl methyl sites for hydroxylation is 1. The van der Waals surface area contributed by atoms with Crippen molar-refractivity contribution in [3.8, 4) is 0 Å². The minimum Gasteiger partial charge on any atom is -0.478 e. The molecule has 0 saturated carbocycles. The van der Waals surface area contributed by atoms with Crippen molar-refractivity contribution in [1.82, 2.24) is 4.98 Å². The summed E-state index contributed by atoms with van der Waals surface area (Å²) < 4.78 is 0. The molecular weight excluding hydrogens is 260 g/mol. The molecule has 0 aliphatic carbocycles. The molecule has 0 saturated heterocycles. The van der Waals surface area contributed by atoms with Gasteiger partial charge < -0.3 is 15.4 Å². The van der Waals surface area contributed by atoms with Gasteiger partial charge in [-0.05, 0) is 18.6 Å². The maximum atomic E-state index is 12.0. The van der Waals surface area contributed by atoms with Crippen molar-refractivity contribution in [3.05, 3.63) is 63.6 Å². The molecule has 0 aliphatic rings. The zero-order chi connectivity index (χ0) is 14.7. The number of hydrogen-bond acceptors (Lipinski definition) is 3. The number of aromatic nitrogens is 1. The van der Waals surface area contributed by atoms with E-state index < -0.39 is 17.3 Å². The van der Waals surface area contributed by atoms with E-state index >= 15 is 0 Å². The molecule has 0 atom stereocenters. The number of carboxylic acid groups (broad SMARTS) is 1. The van der Waals surface area contributed by atoms with Gasteiger partial charge in [-0.25, -0.2) is 4.79 Å². The smallest absolute Gasteiger partial charge is 0.337 e. The Kier molecular flexibility index (Phi) is 3.65. The van der Waals surface area contributed by atoms with E-state index in [0.717, 1.165) is 0 Å². The largest absolute Gasteiger partial charge is 0.478 e. The number of para-hydroxylation sites is 1. The van der Waals surface area contributed by atoms with Crippen molar-refractivity contribution in [2.24, 2.45) is 0 Å². The Bertz CT molecular complexity index is 734. The van der Waals surface area contributed by atoms with Gasteiger partial charge in [-0.3, -0.25) is 9.59 Å². The summed E-state index contributed by atoms with van der Waals surface area (Å²) in [5, 5.41) is 11.6. The summed E-state index contributed by atoms with van der Waals surface area (Å²) in [7, 11) is 0. The highest BCUT2D eigenvalue weighted by molar-refractivity contribution is 6.08. The van der Waals surface area contributed by atoms with E-state index in [1.54, 1.807) is 19.1 Å². The number of amides is 1. The molecule has 1 heterocycles. The van der Waals surface area contributed by atoms with E-state index in [0.29, 0.717) is 5.56 Å². The predicted molar refractivity (Wildman–Crippen MR) is 73.2 cm³/mol. The summed E-state index contributed by atoms with van der Waals surface area (Å²) in [5.74, 6) is -1.80. The minimum absolute atomic E-state index is 0.0225. The van der Waals surface area contributed by atoms with Gasteiger partial charge in [0.15, 0.2) is 5.43 Å². The summed E-state index contributed by atoms with van der Waals surface area (Å²) in [4.78, 5) is 37.4. The van der Waals surface area contributed by atoms with Crippen LogP contribution in [0, 0.1) is 6.92 Å². The van der Waals surface area contributed by atoms with Crippen LogP contribution in [0.25, 0.3) is 0 Å². The monoisotopic (exact) mass is 272 g/mol. The van der Waals surface area contributed by atoms with Crippen LogP contribution >= 0.6 is 0 Å². The second kappa shape index (κ2) is 5.40. The maximum Gasteiger partial charge on any atom is 0.337 e. The van der Waals surface area contributed by atoms with E-state index in [2.05, 4.69) is 10.3 Å². The zero-order valence-corrected chi connectivity index (χ0v) is 10.6. The third-order valence-electron chi connectivity index (χ3n) is 2.81. The molecule has 1 amide bonds. The van der Waals surface area contributed by atoms with E-state index in [1.165, 1.54) is 24.5 Å². The molecule has 0 unspecified atom stereocenters. The van der Waals surface area contributed by atoms with Crippen LogP contribution in [0.15, 0.2) is 41.5 Å². The molecule has 0 aliphatic heterocycles. The van der Waals surface area contributed by atoms with Crippen LogP contribution in [0.2, 0.25) is 0 Å². The lowest BCUT2D eigenvalue weighted by molar-refractivity contribution is 0.0698. The summed E-state index contributed by atoms with van der Waals surface area (Å²) in [6.07, 6.45) is 2.69. The third kappa shape index (κ3) is 2.59. The Morgan fingerprint density at radius 2 is 1.95 bits per heavy atom. The lowest BCUT2D eigenvalue weighted by Gasteiger charge is -2.11. The number of benzene rings is 1. The Labute approximate surface area is 114 Å². The average Bonchev–Trinajstić information content (AvgIpc) is 2.41. The van der Waals surface area contributed by atoms with Crippen LogP contribution < -0.4 is 10.7 Å². The second-order valence-electron chi connectivity index (χ2n) is 4.18. The summed E-state index contributed by atoms with van der Waals surface area (Å²) >= 11 is 0. The number of hydrogen-bond donors (Lipinski definition) is 3. The van der Waals surface area contributed by atoms with Gasteiger partial charge in [0.25, 0.3) is 5.91 Å². The molecule has 3 N–H and O–H groups in total. The van der Waals surface area contributed by atoms with E-state index in [-0.39, 0.29) is 16.8 Å². The molecule has 6 heteroatoms.